The molecule has 2 aliphatic rings. The number of hydrogen-bond donors (Lipinski definition) is 3. The number of aromatic nitrogens is 2. The highest BCUT2D eigenvalue weighted by Crippen LogP contribution is 2.42. The summed E-state index contributed by atoms with van der Waals surface area (Å²) in [6.07, 6.45) is 4.59. The van der Waals surface area contributed by atoms with Crippen LogP contribution < -0.4 is 20.1 Å². The molecule has 3 aromatic rings. The lowest BCUT2D eigenvalue weighted by atomic mass is 10.0. The molecule has 1 amide bonds. The molecule has 4 heterocycles. The first-order valence-electron chi connectivity index (χ1n) is 11.0. The molecular formula is C24H25FN4O5. The fraction of sp³-hybridized carbons (Fsp3) is 0.333. The molecule has 0 aliphatic carbocycles. The first kappa shape index (κ1) is 22.2. The van der Waals surface area contributed by atoms with Gasteiger partial charge >= 0.3 is 0 Å². The Bertz CT molecular complexity index is 1190. The fourth-order valence-corrected chi connectivity index (χ4v) is 4.20. The minimum atomic E-state index is -0.506. The van der Waals surface area contributed by atoms with Crippen molar-refractivity contribution >= 4 is 17.3 Å². The number of methoxy groups -OCH3 is 1. The van der Waals surface area contributed by atoms with Crippen LogP contribution in [0.25, 0.3) is 11.3 Å². The molecule has 178 valence electrons. The van der Waals surface area contributed by atoms with Crippen molar-refractivity contribution < 1.29 is 28.1 Å². The average Bonchev–Trinajstić information content (AvgIpc) is 3.48. The van der Waals surface area contributed by atoms with Crippen molar-refractivity contribution in [1.82, 2.24) is 15.3 Å². The average molecular weight is 468 g/mol. The molecule has 1 saturated heterocycles. The Hall–Kier alpha value is -3.63. The van der Waals surface area contributed by atoms with E-state index < -0.39 is 5.82 Å². The molecule has 9 nitrogen and oxygen atoms in total. The number of aromatic amines is 1. The number of para-hydroxylation sites is 1. The molecule has 2 aromatic heterocycles. The zero-order chi connectivity index (χ0) is 23.5. The highest BCUT2D eigenvalue weighted by Gasteiger charge is 2.29. The monoisotopic (exact) mass is 468 g/mol. The number of rotatable bonds is 8. The summed E-state index contributed by atoms with van der Waals surface area (Å²) in [5.41, 5.74) is 3.55. The minimum Gasteiger partial charge on any atom is -0.492 e. The summed E-state index contributed by atoms with van der Waals surface area (Å²) in [6, 6.07) is 6.40. The van der Waals surface area contributed by atoms with Gasteiger partial charge in [0.2, 0.25) is 0 Å². The van der Waals surface area contributed by atoms with E-state index in [1.807, 2.05) is 6.07 Å². The van der Waals surface area contributed by atoms with Gasteiger partial charge in [-0.25, -0.2) is 4.39 Å². The smallest absolute Gasteiger partial charge is 0.255 e. The van der Waals surface area contributed by atoms with Gasteiger partial charge in [-0.3, -0.25) is 9.78 Å². The molecule has 1 unspecified atom stereocenters. The topological polar surface area (TPSA) is 107 Å². The van der Waals surface area contributed by atoms with Crippen molar-refractivity contribution in [3.05, 3.63) is 53.7 Å². The Balaban J connectivity index is 1.52. The Morgan fingerprint density at radius 3 is 3.06 bits per heavy atom. The van der Waals surface area contributed by atoms with E-state index in [0.717, 1.165) is 11.3 Å². The molecule has 0 radical (unpaired) electrons. The summed E-state index contributed by atoms with van der Waals surface area (Å²) in [5.74, 6) is -0.107. The van der Waals surface area contributed by atoms with Gasteiger partial charge in [0.05, 0.1) is 55.3 Å². The number of amides is 1. The molecule has 5 rings (SSSR count). The van der Waals surface area contributed by atoms with Crippen LogP contribution >= 0.6 is 0 Å². The zero-order valence-corrected chi connectivity index (χ0v) is 18.7. The van der Waals surface area contributed by atoms with Gasteiger partial charge in [0.1, 0.15) is 12.5 Å². The molecule has 1 fully saturated rings. The lowest BCUT2D eigenvalue weighted by Crippen LogP contribution is -2.31. The van der Waals surface area contributed by atoms with Gasteiger partial charge in [-0.05, 0) is 18.2 Å². The number of pyridine rings is 1. The highest BCUT2D eigenvalue weighted by atomic mass is 19.1. The van der Waals surface area contributed by atoms with Gasteiger partial charge in [-0.1, -0.05) is 6.07 Å². The number of halogens is 1. The van der Waals surface area contributed by atoms with Crippen LogP contribution in [0.5, 0.6) is 11.5 Å². The maximum Gasteiger partial charge on any atom is 0.255 e. The third kappa shape index (κ3) is 4.29. The van der Waals surface area contributed by atoms with E-state index >= 15 is 0 Å². The van der Waals surface area contributed by atoms with Crippen LogP contribution in [0.4, 0.5) is 15.8 Å². The molecule has 1 aromatic carbocycles. The second kappa shape index (κ2) is 9.70. The molecule has 1 atom stereocenters. The minimum absolute atomic E-state index is 0.000659. The van der Waals surface area contributed by atoms with Crippen molar-refractivity contribution in [3.63, 3.8) is 0 Å². The lowest BCUT2D eigenvalue weighted by Gasteiger charge is -2.17. The van der Waals surface area contributed by atoms with E-state index in [4.69, 9.17) is 18.9 Å². The SMILES string of the molecule is COc1c(F)cccc1Nc1c(-c2ccncc2OCCC2COCO2)[nH]c2c1C(=O)NCC2. The van der Waals surface area contributed by atoms with Crippen molar-refractivity contribution in [2.75, 3.05) is 39.0 Å². The van der Waals surface area contributed by atoms with Gasteiger partial charge in [-0.15, -0.1) is 0 Å². The summed E-state index contributed by atoms with van der Waals surface area (Å²) in [7, 11) is 1.40. The first-order valence-corrected chi connectivity index (χ1v) is 11.0. The summed E-state index contributed by atoms with van der Waals surface area (Å²) >= 11 is 0. The van der Waals surface area contributed by atoms with E-state index in [-0.39, 0.29) is 17.8 Å². The molecule has 0 spiro atoms. The Kier molecular flexibility index (Phi) is 6.33. The zero-order valence-electron chi connectivity index (χ0n) is 18.7. The van der Waals surface area contributed by atoms with Crippen LogP contribution in [0.15, 0.2) is 36.7 Å². The third-order valence-corrected chi connectivity index (χ3v) is 5.84. The standard InChI is InChI=1S/C24H25FN4O5/c1-31-23-16(25)3-2-4-18(23)29-22-20-17(6-9-27-24(20)30)28-21(22)15-5-8-26-11-19(15)33-10-7-14-12-32-13-34-14/h2-5,8,11,14,28-29H,6-7,9-10,12-13H2,1H3,(H,27,30). The van der Waals surface area contributed by atoms with E-state index in [1.165, 1.54) is 13.2 Å². The number of carbonyl (C=O) groups excluding carboxylic acids is 1. The van der Waals surface area contributed by atoms with Gasteiger partial charge in [0.25, 0.3) is 5.91 Å². The largest absolute Gasteiger partial charge is 0.492 e. The number of nitrogens with zero attached hydrogens (tertiary/aromatic N) is 1. The quantitative estimate of drug-likeness (QED) is 0.465. The van der Waals surface area contributed by atoms with Gasteiger partial charge in [0.15, 0.2) is 11.6 Å². The number of benzene rings is 1. The molecule has 0 bridgehead atoms. The van der Waals surface area contributed by atoms with Crippen LogP contribution in [0, 0.1) is 5.82 Å². The number of hydrogen-bond acceptors (Lipinski definition) is 7. The van der Waals surface area contributed by atoms with Crippen molar-refractivity contribution in [1.29, 1.82) is 0 Å². The second-order valence-electron chi connectivity index (χ2n) is 7.97. The van der Waals surface area contributed by atoms with Gasteiger partial charge in [-0.2, -0.15) is 0 Å². The van der Waals surface area contributed by atoms with Crippen LogP contribution in [0.3, 0.4) is 0 Å². The second-order valence-corrected chi connectivity index (χ2v) is 7.97. The van der Waals surface area contributed by atoms with Crippen molar-refractivity contribution in [2.45, 2.75) is 18.9 Å². The van der Waals surface area contributed by atoms with Gasteiger partial charge in [0, 0.05) is 36.8 Å². The molecule has 34 heavy (non-hydrogen) atoms. The van der Waals surface area contributed by atoms with E-state index in [2.05, 4.69) is 20.6 Å². The summed E-state index contributed by atoms with van der Waals surface area (Å²) in [5, 5.41) is 6.10. The van der Waals surface area contributed by atoms with Crippen molar-refractivity contribution in [3.8, 4) is 22.8 Å². The molecule has 3 N–H and O–H groups in total. The van der Waals surface area contributed by atoms with E-state index in [0.29, 0.717) is 67.8 Å². The van der Waals surface area contributed by atoms with Crippen LogP contribution in [0.2, 0.25) is 0 Å². The number of carbonyl (C=O) groups is 1. The molecular weight excluding hydrogens is 443 g/mol. The Labute approximate surface area is 195 Å². The first-order chi connectivity index (χ1) is 16.7. The number of nitrogens with one attached hydrogen (secondary N) is 3. The third-order valence-electron chi connectivity index (χ3n) is 5.84. The summed E-state index contributed by atoms with van der Waals surface area (Å²) in [6.45, 7) is 1.79. The number of fused-ring (bicyclic) bond motifs is 1. The Morgan fingerprint density at radius 2 is 2.24 bits per heavy atom. The molecule has 10 heteroatoms. The maximum absolute atomic E-state index is 14.4. The predicted molar refractivity (Wildman–Crippen MR) is 122 cm³/mol. The maximum atomic E-state index is 14.4. The van der Waals surface area contributed by atoms with E-state index in [1.54, 1.807) is 24.5 Å². The number of H-pyrrole nitrogens is 1. The normalized spacial score (nSPS) is 17.2. The van der Waals surface area contributed by atoms with Crippen LogP contribution in [0.1, 0.15) is 22.5 Å². The van der Waals surface area contributed by atoms with E-state index in [9.17, 15) is 9.18 Å². The predicted octanol–water partition coefficient (Wildman–Crippen LogP) is 3.40. The summed E-state index contributed by atoms with van der Waals surface area (Å²) < 4.78 is 36.4. The summed E-state index contributed by atoms with van der Waals surface area (Å²) in [4.78, 5) is 20.4. The molecule has 2 aliphatic heterocycles. The fourth-order valence-electron chi connectivity index (χ4n) is 4.20. The molecule has 0 saturated carbocycles. The Morgan fingerprint density at radius 1 is 1.32 bits per heavy atom. The number of anilines is 2. The van der Waals surface area contributed by atoms with Gasteiger partial charge < -0.3 is 34.6 Å². The van der Waals surface area contributed by atoms with Crippen LogP contribution in [-0.4, -0.2) is 55.6 Å². The number of ether oxygens (including phenoxy) is 4. The lowest BCUT2D eigenvalue weighted by molar-refractivity contribution is 0.0409. The highest BCUT2D eigenvalue weighted by molar-refractivity contribution is 6.06. The van der Waals surface area contributed by atoms with Crippen LogP contribution in [-0.2, 0) is 15.9 Å². The van der Waals surface area contributed by atoms with Crippen molar-refractivity contribution in [2.24, 2.45) is 0 Å².